The molecular weight excluding hydrogens is 280 g/mol. The average Bonchev–Trinajstić information content (AvgIpc) is 3.37. The topological polar surface area (TPSA) is 42.0 Å². The van der Waals surface area contributed by atoms with Gasteiger partial charge in [-0.2, -0.15) is 0 Å². The summed E-state index contributed by atoms with van der Waals surface area (Å²) >= 11 is 0. The minimum atomic E-state index is 0.0528. The Labute approximate surface area is 131 Å². The molecule has 1 saturated carbocycles. The fraction of sp³-hybridized carbons (Fsp3) is 0.588. The summed E-state index contributed by atoms with van der Waals surface area (Å²) in [6.07, 6.45) is 2.76. The summed E-state index contributed by atoms with van der Waals surface area (Å²) in [7, 11) is 1.60. The lowest BCUT2D eigenvalue weighted by Gasteiger charge is -2.34. The number of hydrogen-bond acceptors (Lipinski definition) is 4. The van der Waals surface area contributed by atoms with Crippen LogP contribution in [-0.4, -0.2) is 62.1 Å². The highest BCUT2D eigenvalue weighted by Gasteiger charge is 2.27. The third-order valence-electron chi connectivity index (χ3n) is 4.36. The molecular formula is C17H24N2O3. The molecule has 1 aliphatic heterocycles. The Balaban J connectivity index is 1.44. The smallest absolute Gasteiger partial charge is 0.260 e. The largest absolute Gasteiger partial charge is 0.493 e. The number of amides is 1. The molecule has 1 aromatic carbocycles. The van der Waals surface area contributed by atoms with Crippen LogP contribution in [0.25, 0.3) is 0 Å². The summed E-state index contributed by atoms with van der Waals surface area (Å²) in [5, 5.41) is 0. The van der Waals surface area contributed by atoms with Gasteiger partial charge in [0.15, 0.2) is 18.1 Å². The molecule has 0 unspecified atom stereocenters. The molecule has 1 amide bonds. The van der Waals surface area contributed by atoms with Crippen molar-refractivity contribution in [1.82, 2.24) is 9.80 Å². The van der Waals surface area contributed by atoms with Gasteiger partial charge in [0.1, 0.15) is 0 Å². The minimum absolute atomic E-state index is 0.0528. The molecule has 0 bridgehead atoms. The molecule has 0 N–H and O–H groups in total. The van der Waals surface area contributed by atoms with Gasteiger partial charge in [-0.15, -0.1) is 0 Å². The van der Waals surface area contributed by atoms with E-state index in [1.165, 1.54) is 19.4 Å². The van der Waals surface area contributed by atoms with Crippen molar-refractivity contribution in [3.63, 3.8) is 0 Å². The summed E-state index contributed by atoms with van der Waals surface area (Å²) < 4.78 is 10.8. The highest BCUT2D eigenvalue weighted by Crippen LogP contribution is 2.30. The standard InChI is InChI=1S/C17H24N2O3/c1-21-15-4-2-3-5-16(15)22-13-17(20)19-10-8-18(9-11-19)12-14-6-7-14/h2-5,14H,6-13H2,1H3. The Bertz CT molecular complexity index is 508. The number of carbonyl (C=O) groups excluding carboxylic acids is 1. The predicted molar refractivity (Wildman–Crippen MR) is 84.2 cm³/mol. The van der Waals surface area contributed by atoms with Crippen LogP contribution in [0, 0.1) is 5.92 Å². The van der Waals surface area contributed by atoms with E-state index in [1.54, 1.807) is 7.11 Å². The molecule has 5 nitrogen and oxygen atoms in total. The first-order valence-corrected chi connectivity index (χ1v) is 8.02. The Morgan fingerprint density at radius 3 is 2.45 bits per heavy atom. The van der Waals surface area contributed by atoms with Gasteiger partial charge < -0.3 is 14.4 Å². The molecule has 2 fully saturated rings. The van der Waals surface area contributed by atoms with E-state index in [2.05, 4.69) is 4.90 Å². The molecule has 0 spiro atoms. The van der Waals surface area contributed by atoms with E-state index in [0.717, 1.165) is 32.1 Å². The minimum Gasteiger partial charge on any atom is -0.493 e. The molecule has 1 saturated heterocycles. The van der Waals surface area contributed by atoms with Gasteiger partial charge in [-0.25, -0.2) is 0 Å². The zero-order valence-electron chi connectivity index (χ0n) is 13.2. The van der Waals surface area contributed by atoms with Gasteiger partial charge in [-0.05, 0) is 30.9 Å². The zero-order chi connectivity index (χ0) is 15.4. The maximum Gasteiger partial charge on any atom is 0.260 e. The summed E-state index contributed by atoms with van der Waals surface area (Å²) in [4.78, 5) is 16.6. The lowest BCUT2D eigenvalue weighted by Crippen LogP contribution is -2.50. The third-order valence-corrected chi connectivity index (χ3v) is 4.36. The van der Waals surface area contributed by atoms with Gasteiger partial charge in [-0.3, -0.25) is 9.69 Å². The lowest BCUT2D eigenvalue weighted by molar-refractivity contribution is -0.135. The number of hydrogen-bond donors (Lipinski definition) is 0. The van der Waals surface area contributed by atoms with E-state index in [9.17, 15) is 4.79 Å². The van der Waals surface area contributed by atoms with Crippen LogP contribution in [0.2, 0.25) is 0 Å². The molecule has 1 aromatic rings. The number of piperazine rings is 1. The quantitative estimate of drug-likeness (QED) is 0.801. The van der Waals surface area contributed by atoms with Crippen molar-refractivity contribution in [3.8, 4) is 11.5 Å². The molecule has 5 heteroatoms. The van der Waals surface area contributed by atoms with Crippen LogP contribution in [0.1, 0.15) is 12.8 Å². The predicted octanol–water partition coefficient (Wildman–Crippen LogP) is 1.63. The Morgan fingerprint density at radius 2 is 1.82 bits per heavy atom. The fourth-order valence-corrected chi connectivity index (χ4v) is 2.81. The van der Waals surface area contributed by atoms with E-state index in [-0.39, 0.29) is 12.5 Å². The second-order valence-electron chi connectivity index (χ2n) is 6.06. The molecule has 0 aromatic heterocycles. The van der Waals surface area contributed by atoms with Gasteiger partial charge in [0, 0.05) is 32.7 Å². The van der Waals surface area contributed by atoms with Crippen molar-refractivity contribution >= 4 is 5.91 Å². The number of rotatable bonds is 6. The van der Waals surface area contributed by atoms with Crippen molar-refractivity contribution in [3.05, 3.63) is 24.3 Å². The number of methoxy groups -OCH3 is 1. The Kier molecular flexibility index (Phi) is 4.83. The van der Waals surface area contributed by atoms with Gasteiger partial charge in [0.2, 0.25) is 0 Å². The summed E-state index contributed by atoms with van der Waals surface area (Å²) in [5.41, 5.74) is 0. The number of para-hydroxylation sites is 2. The summed E-state index contributed by atoms with van der Waals surface area (Å²) in [5.74, 6) is 2.24. The maximum absolute atomic E-state index is 12.3. The first-order chi connectivity index (χ1) is 10.8. The number of carbonyl (C=O) groups is 1. The summed E-state index contributed by atoms with van der Waals surface area (Å²) in [6.45, 7) is 4.86. The van der Waals surface area contributed by atoms with E-state index in [1.807, 2.05) is 29.2 Å². The van der Waals surface area contributed by atoms with Crippen molar-refractivity contribution in [2.24, 2.45) is 5.92 Å². The molecule has 1 aliphatic carbocycles. The van der Waals surface area contributed by atoms with Crippen LogP contribution in [-0.2, 0) is 4.79 Å². The SMILES string of the molecule is COc1ccccc1OCC(=O)N1CCN(CC2CC2)CC1. The van der Waals surface area contributed by atoms with Crippen molar-refractivity contribution in [2.45, 2.75) is 12.8 Å². The van der Waals surface area contributed by atoms with E-state index in [0.29, 0.717) is 11.5 Å². The van der Waals surface area contributed by atoms with Crippen molar-refractivity contribution in [2.75, 3.05) is 46.4 Å². The number of benzene rings is 1. The highest BCUT2D eigenvalue weighted by molar-refractivity contribution is 5.78. The molecule has 1 heterocycles. The van der Waals surface area contributed by atoms with Crippen LogP contribution in [0.5, 0.6) is 11.5 Å². The first kappa shape index (κ1) is 15.2. The van der Waals surface area contributed by atoms with Gasteiger partial charge in [0.25, 0.3) is 5.91 Å². The van der Waals surface area contributed by atoms with Gasteiger partial charge in [-0.1, -0.05) is 12.1 Å². The summed E-state index contributed by atoms with van der Waals surface area (Å²) in [6, 6.07) is 7.40. The highest BCUT2D eigenvalue weighted by atomic mass is 16.5. The van der Waals surface area contributed by atoms with Gasteiger partial charge in [0.05, 0.1) is 7.11 Å². The van der Waals surface area contributed by atoms with E-state index < -0.39 is 0 Å². The monoisotopic (exact) mass is 304 g/mol. The van der Waals surface area contributed by atoms with Crippen molar-refractivity contribution < 1.29 is 14.3 Å². The van der Waals surface area contributed by atoms with Crippen LogP contribution < -0.4 is 9.47 Å². The third kappa shape index (κ3) is 3.91. The van der Waals surface area contributed by atoms with Crippen molar-refractivity contribution in [1.29, 1.82) is 0 Å². The molecule has 0 atom stereocenters. The Morgan fingerprint density at radius 1 is 1.14 bits per heavy atom. The fourth-order valence-electron chi connectivity index (χ4n) is 2.81. The molecule has 22 heavy (non-hydrogen) atoms. The van der Waals surface area contributed by atoms with Gasteiger partial charge >= 0.3 is 0 Å². The number of nitrogens with zero attached hydrogens (tertiary/aromatic N) is 2. The van der Waals surface area contributed by atoms with E-state index in [4.69, 9.17) is 9.47 Å². The molecule has 2 aliphatic rings. The van der Waals surface area contributed by atoms with Crippen LogP contribution in [0.4, 0.5) is 0 Å². The zero-order valence-corrected chi connectivity index (χ0v) is 13.2. The average molecular weight is 304 g/mol. The number of ether oxygens (including phenoxy) is 2. The van der Waals surface area contributed by atoms with Crippen LogP contribution in [0.15, 0.2) is 24.3 Å². The maximum atomic E-state index is 12.3. The van der Waals surface area contributed by atoms with E-state index >= 15 is 0 Å². The Hall–Kier alpha value is -1.75. The normalized spacial score (nSPS) is 19.0. The second kappa shape index (κ2) is 7.01. The molecule has 0 radical (unpaired) electrons. The first-order valence-electron chi connectivity index (χ1n) is 8.02. The molecule has 3 rings (SSSR count). The lowest BCUT2D eigenvalue weighted by atomic mass is 10.2. The van der Waals surface area contributed by atoms with Crippen LogP contribution in [0.3, 0.4) is 0 Å². The second-order valence-corrected chi connectivity index (χ2v) is 6.06. The van der Waals surface area contributed by atoms with Crippen LogP contribution >= 0.6 is 0 Å². The molecule has 120 valence electrons.